The van der Waals surface area contributed by atoms with Gasteiger partial charge in [-0.15, -0.1) is 0 Å². The van der Waals surface area contributed by atoms with Gasteiger partial charge in [-0.2, -0.15) is 0 Å². The normalized spacial score (nSPS) is 31.6. The minimum Gasteiger partial charge on any atom is -0.394 e. The third-order valence-electron chi connectivity index (χ3n) is 4.98. The molecule has 0 amide bonds. The highest BCUT2D eigenvalue weighted by atomic mass is 16.3. The summed E-state index contributed by atoms with van der Waals surface area (Å²) >= 11 is 0. The molecule has 0 radical (unpaired) electrons. The summed E-state index contributed by atoms with van der Waals surface area (Å²) in [6.07, 6.45) is 6.51. The number of hydrogen-bond acceptors (Lipinski definition) is 3. The van der Waals surface area contributed by atoms with Gasteiger partial charge in [0, 0.05) is 12.1 Å². The van der Waals surface area contributed by atoms with Crippen molar-refractivity contribution < 1.29 is 5.11 Å². The number of nitrogens with one attached hydrogen (secondary N) is 2. The average Bonchev–Trinajstić information content (AvgIpc) is 3.16. The molecule has 3 N–H and O–H groups in total. The van der Waals surface area contributed by atoms with E-state index in [0.717, 1.165) is 5.92 Å². The van der Waals surface area contributed by atoms with Crippen molar-refractivity contribution in [1.29, 1.82) is 0 Å². The van der Waals surface area contributed by atoms with E-state index in [2.05, 4.69) is 22.8 Å². The molecule has 1 heterocycles. The van der Waals surface area contributed by atoms with E-state index in [1.165, 1.54) is 44.2 Å². The van der Waals surface area contributed by atoms with E-state index in [9.17, 15) is 5.11 Å². The lowest BCUT2D eigenvalue weighted by Crippen LogP contribution is -2.44. The van der Waals surface area contributed by atoms with Crippen molar-refractivity contribution in [2.24, 2.45) is 5.92 Å². The first-order chi connectivity index (χ1) is 9.88. The first kappa shape index (κ1) is 14.1. The summed E-state index contributed by atoms with van der Waals surface area (Å²) in [7, 11) is 0. The van der Waals surface area contributed by atoms with Crippen molar-refractivity contribution in [2.45, 2.75) is 50.2 Å². The van der Waals surface area contributed by atoms with Gasteiger partial charge in [-0.3, -0.25) is 0 Å². The van der Waals surface area contributed by atoms with Crippen LogP contribution >= 0.6 is 0 Å². The number of aliphatic hydroxyl groups excluding tert-OH is 1. The third kappa shape index (κ3) is 3.05. The van der Waals surface area contributed by atoms with Gasteiger partial charge in [-0.1, -0.05) is 36.8 Å². The highest BCUT2D eigenvalue weighted by Gasteiger charge is 2.35. The van der Waals surface area contributed by atoms with Crippen LogP contribution < -0.4 is 10.6 Å². The van der Waals surface area contributed by atoms with Crippen LogP contribution in [0.25, 0.3) is 0 Å². The second kappa shape index (κ2) is 6.70. The fraction of sp³-hybridized carbons (Fsp3) is 0.647. The van der Waals surface area contributed by atoms with Gasteiger partial charge >= 0.3 is 0 Å². The first-order valence-electron chi connectivity index (χ1n) is 8.03. The first-order valence-corrected chi connectivity index (χ1v) is 8.03. The molecule has 0 bridgehead atoms. The summed E-state index contributed by atoms with van der Waals surface area (Å²) in [6, 6.07) is 11.6. The Morgan fingerprint density at radius 3 is 2.70 bits per heavy atom. The van der Waals surface area contributed by atoms with Crippen LogP contribution in [0.5, 0.6) is 0 Å². The Morgan fingerprint density at radius 2 is 2.00 bits per heavy atom. The number of rotatable bonds is 5. The zero-order valence-electron chi connectivity index (χ0n) is 12.1. The molecule has 4 unspecified atom stereocenters. The molecule has 20 heavy (non-hydrogen) atoms. The second-order valence-electron chi connectivity index (χ2n) is 6.22. The maximum absolute atomic E-state index is 9.71. The summed E-state index contributed by atoms with van der Waals surface area (Å²) in [5.41, 5.74) is 1.19. The van der Waals surface area contributed by atoms with Gasteiger partial charge in [0.25, 0.3) is 0 Å². The van der Waals surface area contributed by atoms with E-state index in [4.69, 9.17) is 0 Å². The largest absolute Gasteiger partial charge is 0.394 e. The lowest BCUT2D eigenvalue weighted by Gasteiger charge is -2.30. The summed E-state index contributed by atoms with van der Waals surface area (Å²) in [6.45, 7) is 1.35. The molecular weight excluding hydrogens is 248 g/mol. The molecule has 0 spiro atoms. The van der Waals surface area contributed by atoms with Crippen LogP contribution in [0, 0.1) is 5.92 Å². The van der Waals surface area contributed by atoms with E-state index < -0.39 is 0 Å². The minimum atomic E-state index is 0.0724. The van der Waals surface area contributed by atoms with Crippen molar-refractivity contribution in [3.05, 3.63) is 35.9 Å². The lowest BCUT2D eigenvalue weighted by atomic mass is 9.92. The van der Waals surface area contributed by atoms with Gasteiger partial charge in [-0.25, -0.2) is 0 Å². The van der Waals surface area contributed by atoms with Gasteiger partial charge in [0.1, 0.15) is 0 Å². The second-order valence-corrected chi connectivity index (χ2v) is 6.22. The number of benzene rings is 1. The van der Waals surface area contributed by atoms with Crippen LogP contribution in [0.15, 0.2) is 30.3 Å². The van der Waals surface area contributed by atoms with Crippen LogP contribution in [0.3, 0.4) is 0 Å². The molecule has 3 rings (SSSR count). The third-order valence-corrected chi connectivity index (χ3v) is 4.98. The fourth-order valence-electron chi connectivity index (χ4n) is 3.95. The monoisotopic (exact) mass is 274 g/mol. The number of aliphatic hydroxyl groups is 1. The molecule has 2 fully saturated rings. The Balaban J connectivity index is 1.65. The van der Waals surface area contributed by atoms with Gasteiger partial charge in [0.15, 0.2) is 0 Å². The molecule has 4 atom stereocenters. The smallest absolute Gasteiger partial charge is 0.0626 e. The Bertz CT molecular complexity index is 403. The summed E-state index contributed by atoms with van der Waals surface area (Å²) < 4.78 is 0. The molecule has 1 saturated carbocycles. The molecule has 0 aromatic heterocycles. The SMILES string of the molecule is OCC(NC1CCCC1C1CCCN1)c1ccccc1. The van der Waals surface area contributed by atoms with Crippen molar-refractivity contribution in [3.8, 4) is 0 Å². The molecule has 3 heteroatoms. The maximum atomic E-state index is 9.71. The predicted octanol–water partition coefficient (Wildman–Crippen LogP) is 2.23. The summed E-state index contributed by atoms with van der Waals surface area (Å²) in [5, 5.41) is 17.1. The van der Waals surface area contributed by atoms with Gasteiger partial charge in [-0.05, 0) is 43.7 Å². The van der Waals surface area contributed by atoms with Crippen molar-refractivity contribution in [3.63, 3.8) is 0 Å². The quantitative estimate of drug-likeness (QED) is 0.771. The molecule has 2 aliphatic rings. The molecule has 3 nitrogen and oxygen atoms in total. The lowest BCUT2D eigenvalue weighted by molar-refractivity contribution is 0.213. The fourth-order valence-corrected chi connectivity index (χ4v) is 3.95. The topological polar surface area (TPSA) is 44.3 Å². The molecule has 110 valence electrons. The zero-order valence-corrected chi connectivity index (χ0v) is 12.1. The minimum absolute atomic E-state index is 0.0724. The number of hydrogen-bond donors (Lipinski definition) is 3. The highest BCUT2D eigenvalue weighted by Crippen LogP contribution is 2.33. The van der Waals surface area contributed by atoms with E-state index >= 15 is 0 Å². The van der Waals surface area contributed by atoms with E-state index in [1.807, 2.05) is 18.2 Å². The van der Waals surface area contributed by atoms with Crippen molar-refractivity contribution in [1.82, 2.24) is 10.6 Å². The van der Waals surface area contributed by atoms with Crippen molar-refractivity contribution >= 4 is 0 Å². The van der Waals surface area contributed by atoms with Crippen LogP contribution in [-0.2, 0) is 0 Å². The van der Waals surface area contributed by atoms with E-state index in [0.29, 0.717) is 12.1 Å². The van der Waals surface area contributed by atoms with Gasteiger partial charge < -0.3 is 15.7 Å². The molecule has 1 aromatic rings. The van der Waals surface area contributed by atoms with E-state index in [-0.39, 0.29) is 12.6 Å². The van der Waals surface area contributed by atoms with Gasteiger partial charge in [0.05, 0.1) is 12.6 Å². The van der Waals surface area contributed by atoms with Crippen LogP contribution in [0.2, 0.25) is 0 Å². The van der Waals surface area contributed by atoms with E-state index in [1.54, 1.807) is 0 Å². The maximum Gasteiger partial charge on any atom is 0.0626 e. The molecular formula is C17H26N2O. The molecule has 1 aliphatic heterocycles. The average molecular weight is 274 g/mol. The van der Waals surface area contributed by atoms with Crippen molar-refractivity contribution in [2.75, 3.05) is 13.2 Å². The summed E-state index contributed by atoms with van der Waals surface area (Å²) in [4.78, 5) is 0. The Morgan fingerprint density at radius 1 is 1.15 bits per heavy atom. The molecule has 1 aliphatic carbocycles. The Labute approximate surface area is 121 Å². The Kier molecular flexibility index (Phi) is 4.71. The van der Waals surface area contributed by atoms with Crippen LogP contribution in [-0.4, -0.2) is 30.3 Å². The Hall–Kier alpha value is -0.900. The standard InChI is InChI=1S/C17H26N2O/c20-12-17(13-6-2-1-3-7-13)19-16-9-4-8-14(16)15-10-5-11-18-15/h1-3,6-7,14-20H,4-5,8-12H2. The van der Waals surface area contributed by atoms with Gasteiger partial charge in [0.2, 0.25) is 0 Å². The predicted molar refractivity (Wildman–Crippen MR) is 81.6 cm³/mol. The molecule has 1 aromatic carbocycles. The van der Waals surface area contributed by atoms with Crippen LogP contribution in [0.1, 0.15) is 43.7 Å². The zero-order chi connectivity index (χ0) is 13.8. The molecule has 1 saturated heterocycles. The van der Waals surface area contributed by atoms with Crippen LogP contribution in [0.4, 0.5) is 0 Å². The highest BCUT2D eigenvalue weighted by molar-refractivity contribution is 5.19. The summed E-state index contributed by atoms with van der Waals surface area (Å²) in [5.74, 6) is 0.732.